The highest BCUT2D eigenvalue weighted by molar-refractivity contribution is 8.01. The van der Waals surface area contributed by atoms with Crippen molar-refractivity contribution in [3.05, 3.63) is 28.8 Å². The van der Waals surface area contributed by atoms with E-state index in [1.807, 2.05) is 46.8 Å². The number of benzene rings is 1. The van der Waals surface area contributed by atoms with E-state index in [9.17, 15) is 4.79 Å². The summed E-state index contributed by atoms with van der Waals surface area (Å²) in [5, 5.41) is 12.0. The van der Waals surface area contributed by atoms with Gasteiger partial charge in [0.05, 0.1) is 0 Å². The maximum absolute atomic E-state index is 12.0. The Hall–Kier alpha value is -1.40. The quantitative estimate of drug-likeness (QED) is 0.916. The fourth-order valence-corrected chi connectivity index (χ4v) is 3.46. The Morgan fingerprint density at radius 1 is 1.24 bits per heavy atom. The smallest absolute Gasteiger partial charge is 0.229 e. The third-order valence-corrected chi connectivity index (χ3v) is 4.72. The second-order valence-corrected chi connectivity index (χ2v) is 8.37. The molecule has 0 spiro atoms. The number of nitrogens with zero attached hydrogens (tertiary/aromatic N) is 2. The van der Waals surface area contributed by atoms with Crippen LogP contribution in [-0.2, 0) is 4.79 Å². The van der Waals surface area contributed by atoms with E-state index >= 15 is 0 Å². The minimum absolute atomic E-state index is 0.0192. The summed E-state index contributed by atoms with van der Waals surface area (Å²) in [5.74, 6) is 0.0192. The molecule has 4 nitrogen and oxygen atoms in total. The van der Waals surface area contributed by atoms with E-state index in [1.54, 1.807) is 23.1 Å². The zero-order chi connectivity index (χ0) is 15.6. The summed E-state index contributed by atoms with van der Waals surface area (Å²) in [6, 6.07) is 5.99. The van der Waals surface area contributed by atoms with Crippen molar-refractivity contribution in [3.8, 4) is 0 Å². The number of aromatic nitrogens is 2. The van der Waals surface area contributed by atoms with Gasteiger partial charge >= 0.3 is 0 Å². The fraction of sp³-hybridized carbons (Fsp3) is 0.400. The topological polar surface area (TPSA) is 54.9 Å². The lowest BCUT2D eigenvalue weighted by Gasteiger charge is -2.19. The molecule has 0 aliphatic carbocycles. The first-order valence-electron chi connectivity index (χ1n) is 6.66. The molecule has 112 valence electrons. The van der Waals surface area contributed by atoms with Crippen LogP contribution in [-0.4, -0.2) is 16.1 Å². The zero-order valence-corrected chi connectivity index (χ0v) is 14.5. The Balaban J connectivity index is 2.12. The maximum Gasteiger partial charge on any atom is 0.229 e. The highest BCUT2D eigenvalue weighted by Gasteiger charge is 2.21. The lowest BCUT2D eigenvalue weighted by Crippen LogP contribution is -2.27. The second kappa shape index (κ2) is 6.15. The van der Waals surface area contributed by atoms with Gasteiger partial charge in [0.15, 0.2) is 4.34 Å². The number of nitrogens with one attached hydrogen (secondary N) is 1. The van der Waals surface area contributed by atoms with Gasteiger partial charge in [-0.1, -0.05) is 43.9 Å². The van der Waals surface area contributed by atoms with Crippen molar-refractivity contribution in [3.63, 3.8) is 0 Å². The fourth-order valence-electron chi connectivity index (χ4n) is 1.57. The van der Waals surface area contributed by atoms with Gasteiger partial charge in [-0.15, -0.1) is 10.2 Å². The third kappa shape index (κ3) is 4.28. The molecule has 0 atom stereocenters. The van der Waals surface area contributed by atoms with Gasteiger partial charge in [-0.2, -0.15) is 0 Å². The Morgan fingerprint density at radius 2 is 1.95 bits per heavy atom. The molecule has 1 amide bonds. The first kappa shape index (κ1) is 16.0. The number of aryl methyl sites for hydroxylation is 2. The summed E-state index contributed by atoms with van der Waals surface area (Å²) in [6.07, 6.45) is 0. The first-order chi connectivity index (χ1) is 9.75. The Labute approximate surface area is 133 Å². The molecule has 0 aliphatic rings. The van der Waals surface area contributed by atoms with Crippen molar-refractivity contribution in [2.45, 2.75) is 43.9 Å². The van der Waals surface area contributed by atoms with Crippen LogP contribution in [0.4, 0.5) is 5.69 Å². The summed E-state index contributed by atoms with van der Waals surface area (Å²) in [6.45, 7) is 9.64. The first-order valence-corrected chi connectivity index (χ1v) is 8.29. The van der Waals surface area contributed by atoms with Gasteiger partial charge in [-0.05, 0) is 37.6 Å². The molecule has 1 heterocycles. The lowest BCUT2D eigenvalue weighted by molar-refractivity contribution is -0.123. The largest absolute Gasteiger partial charge is 0.325 e. The molecule has 0 radical (unpaired) electrons. The van der Waals surface area contributed by atoms with Gasteiger partial charge in [0, 0.05) is 16.0 Å². The van der Waals surface area contributed by atoms with Crippen LogP contribution in [0.15, 0.2) is 27.4 Å². The molecule has 2 aromatic rings. The number of carbonyl (C=O) groups is 1. The van der Waals surface area contributed by atoms with Crippen molar-refractivity contribution >= 4 is 34.7 Å². The molecule has 0 bridgehead atoms. The summed E-state index contributed by atoms with van der Waals surface area (Å²) in [4.78, 5) is 13.1. The Kier molecular flexibility index (Phi) is 4.68. The van der Waals surface area contributed by atoms with E-state index < -0.39 is 5.41 Å². The molecule has 0 aliphatic heterocycles. The molecule has 6 heteroatoms. The maximum atomic E-state index is 12.0. The van der Waals surface area contributed by atoms with E-state index in [0.717, 1.165) is 25.5 Å². The van der Waals surface area contributed by atoms with Crippen LogP contribution in [0, 0.1) is 19.3 Å². The predicted molar refractivity (Wildman–Crippen MR) is 88.0 cm³/mol. The second-order valence-electron chi connectivity index (χ2n) is 5.87. The van der Waals surface area contributed by atoms with Gasteiger partial charge in [0.2, 0.25) is 5.91 Å². The van der Waals surface area contributed by atoms with E-state index in [-0.39, 0.29) is 5.91 Å². The van der Waals surface area contributed by atoms with Crippen LogP contribution in [0.2, 0.25) is 0 Å². The van der Waals surface area contributed by atoms with Crippen molar-refractivity contribution in [2.24, 2.45) is 5.41 Å². The predicted octanol–water partition coefficient (Wildman–Crippen LogP) is 4.29. The van der Waals surface area contributed by atoms with Crippen LogP contribution in [0.3, 0.4) is 0 Å². The average molecular weight is 321 g/mol. The SMILES string of the molecule is Cc1nnc(Sc2ccc(NC(=O)C(C)(C)C)c(C)c2)s1. The molecule has 0 saturated heterocycles. The lowest BCUT2D eigenvalue weighted by atomic mass is 9.95. The molecule has 0 fully saturated rings. The number of amides is 1. The van der Waals surface area contributed by atoms with Gasteiger partial charge in [0.25, 0.3) is 0 Å². The Bertz CT molecular complexity index is 659. The number of rotatable bonds is 3. The Morgan fingerprint density at radius 3 is 2.48 bits per heavy atom. The van der Waals surface area contributed by atoms with Gasteiger partial charge < -0.3 is 5.32 Å². The van der Waals surface area contributed by atoms with Crippen LogP contribution < -0.4 is 5.32 Å². The van der Waals surface area contributed by atoms with E-state index in [4.69, 9.17) is 0 Å². The normalized spacial score (nSPS) is 11.5. The summed E-state index contributed by atoms with van der Waals surface area (Å²) >= 11 is 3.17. The number of anilines is 1. The molecule has 1 aromatic heterocycles. The summed E-state index contributed by atoms with van der Waals surface area (Å²) < 4.78 is 0.929. The van der Waals surface area contributed by atoms with Crippen LogP contribution in [0.5, 0.6) is 0 Å². The standard InChI is InChI=1S/C15H19N3OS2/c1-9-8-11(21-14-18-17-10(2)20-14)6-7-12(9)16-13(19)15(3,4)5/h6-8H,1-5H3,(H,16,19). The van der Waals surface area contributed by atoms with Crippen molar-refractivity contribution in [1.82, 2.24) is 10.2 Å². The van der Waals surface area contributed by atoms with Crippen molar-refractivity contribution < 1.29 is 4.79 Å². The molecule has 1 N–H and O–H groups in total. The van der Waals surface area contributed by atoms with E-state index in [0.29, 0.717) is 0 Å². The third-order valence-electron chi connectivity index (χ3n) is 2.84. The molecule has 1 aromatic carbocycles. The highest BCUT2D eigenvalue weighted by Crippen LogP contribution is 2.32. The van der Waals surface area contributed by atoms with Gasteiger partial charge in [-0.25, -0.2) is 0 Å². The van der Waals surface area contributed by atoms with Crippen LogP contribution >= 0.6 is 23.1 Å². The summed E-state index contributed by atoms with van der Waals surface area (Å²) in [5.41, 5.74) is 1.50. The van der Waals surface area contributed by atoms with Gasteiger partial charge in [0.1, 0.15) is 5.01 Å². The number of carbonyl (C=O) groups excluding carboxylic acids is 1. The van der Waals surface area contributed by atoms with Crippen molar-refractivity contribution in [2.75, 3.05) is 5.32 Å². The molecular weight excluding hydrogens is 302 g/mol. The van der Waals surface area contributed by atoms with Crippen molar-refractivity contribution in [1.29, 1.82) is 0 Å². The minimum Gasteiger partial charge on any atom is -0.325 e. The average Bonchev–Trinajstić information content (AvgIpc) is 2.77. The molecular formula is C15H19N3OS2. The van der Waals surface area contributed by atoms with Crippen LogP contribution in [0.25, 0.3) is 0 Å². The summed E-state index contributed by atoms with van der Waals surface area (Å²) in [7, 11) is 0. The molecule has 0 unspecified atom stereocenters. The van der Waals surface area contributed by atoms with E-state index in [1.165, 1.54) is 0 Å². The molecule has 2 rings (SSSR count). The van der Waals surface area contributed by atoms with Gasteiger partial charge in [-0.3, -0.25) is 4.79 Å². The molecule has 0 saturated carbocycles. The number of hydrogen-bond acceptors (Lipinski definition) is 5. The highest BCUT2D eigenvalue weighted by atomic mass is 32.2. The number of hydrogen-bond donors (Lipinski definition) is 1. The molecule has 21 heavy (non-hydrogen) atoms. The minimum atomic E-state index is -0.399. The zero-order valence-electron chi connectivity index (χ0n) is 12.9. The monoisotopic (exact) mass is 321 g/mol. The van der Waals surface area contributed by atoms with Crippen LogP contribution in [0.1, 0.15) is 31.3 Å². The van der Waals surface area contributed by atoms with E-state index in [2.05, 4.69) is 21.6 Å².